The van der Waals surface area contributed by atoms with E-state index in [0.717, 1.165) is 4.90 Å². The first-order valence-corrected chi connectivity index (χ1v) is 13.6. The Balaban J connectivity index is 1.64. The normalized spacial score (nSPS) is 30.0. The van der Waals surface area contributed by atoms with Gasteiger partial charge < -0.3 is 22.5 Å². The van der Waals surface area contributed by atoms with Crippen LogP contribution in [0.15, 0.2) is 54.6 Å². The smallest absolute Gasteiger partial charge is 0.259 e. The summed E-state index contributed by atoms with van der Waals surface area (Å²) in [6.45, 7) is 0. The first-order chi connectivity index (χ1) is 19.2. The molecule has 0 radical (unpaired) electrons. The number of fused-ring (bicyclic) bond motifs is 4. The molecule has 4 unspecified atom stereocenters. The minimum Gasteiger partial charge on any atom is -0.322 e. The molecule has 0 aliphatic carbocycles. The number of amides is 3. The van der Waals surface area contributed by atoms with Gasteiger partial charge in [0.1, 0.15) is 5.66 Å². The Labute approximate surface area is 253 Å². The first-order valence-electron chi connectivity index (χ1n) is 12.0. The minimum absolute atomic E-state index is 0.0137. The van der Waals surface area contributed by atoms with Crippen LogP contribution in [0.4, 0.5) is 11.4 Å². The minimum atomic E-state index is -2.52. The molecular formula is C27H19Cl4N7O3. The molecule has 2 fully saturated rings. The number of nitriles is 1. The van der Waals surface area contributed by atoms with Crippen molar-refractivity contribution < 1.29 is 14.4 Å². The number of rotatable bonds is 3. The van der Waals surface area contributed by atoms with Crippen LogP contribution in [-0.2, 0) is 26.3 Å². The molecule has 2 saturated heterocycles. The summed E-state index contributed by atoms with van der Waals surface area (Å²) in [5.74, 6) is -2.83. The monoisotopic (exact) mass is 629 g/mol. The number of halogens is 4. The molecule has 3 heterocycles. The number of nitrogens with zero attached hydrogens (tertiary/aromatic N) is 2. The quantitative estimate of drug-likeness (QED) is 0.274. The van der Waals surface area contributed by atoms with Crippen molar-refractivity contribution in [3.05, 3.63) is 91.4 Å². The number of anilines is 2. The fraction of sp³-hybridized carbons (Fsp3) is 0.185. The third-order valence-electron chi connectivity index (χ3n) is 8.12. The van der Waals surface area contributed by atoms with Crippen LogP contribution in [0.3, 0.4) is 0 Å². The van der Waals surface area contributed by atoms with Gasteiger partial charge in [-0.3, -0.25) is 19.7 Å². The summed E-state index contributed by atoms with van der Waals surface area (Å²) >= 11 is 25.2. The zero-order valence-electron chi connectivity index (χ0n) is 20.8. The van der Waals surface area contributed by atoms with E-state index in [1.165, 1.54) is 30.3 Å². The molecule has 3 aromatic carbocycles. The lowest BCUT2D eigenvalue weighted by atomic mass is 9.65. The van der Waals surface area contributed by atoms with Crippen molar-refractivity contribution in [3.8, 4) is 6.07 Å². The van der Waals surface area contributed by atoms with Gasteiger partial charge in [0.25, 0.3) is 17.7 Å². The Morgan fingerprint density at radius 3 is 2.02 bits per heavy atom. The molecule has 14 heteroatoms. The van der Waals surface area contributed by atoms with Crippen molar-refractivity contribution in [2.45, 2.75) is 28.7 Å². The van der Waals surface area contributed by atoms with Gasteiger partial charge in [0.15, 0.2) is 16.6 Å². The van der Waals surface area contributed by atoms with Crippen LogP contribution in [0.25, 0.3) is 0 Å². The van der Waals surface area contributed by atoms with Gasteiger partial charge in [-0.2, -0.15) is 5.26 Å². The van der Waals surface area contributed by atoms with Crippen LogP contribution >= 0.6 is 46.4 Å². The number of carbonyl (C=O) groups excluding carboxylic acids is 3. The number of nitrogens with two attached hydrogens (primary N) is 3. The van der Waals surface area contributed by atoms with E-state index in [1.807, 2.05) is 6.07 Å². The van der Waals surface area contributed by atoms with E-state index in [-0.39, 0.29) is 43.4 Å². The summed E-state index contributed by atoms with van der Waals surface area (Å²) in [6.07, 6.45) is -0.185. The lowest BCUT2D eigenvalue weighted by molar-refractivity contribution is -0.132. The predicted molar refractivity (Wildman–Crippen MR) is 154 cm³/mol. The molecular weight excluding hydrogens is 612 g/mol. The maximum absolute atomic E-state index is 14.5. The molecule has 6 rings (SSSR count). The maximum atomic E-state index is 14.5. The van der Waals surface area contributed by atoms with E-state index >= 15 is 0 Å². The van der Waals surface area contributed by atoms with Gasteiger partial charge in [-0.1, -0.05) is 58.5 Å². The summed E-state index contributed by atoms with van der Waals surface area (Å²) in [5, 5.41) is 15.4. The Kier molecular flexibility index (Phi) is 6.04. The fourth-order valence-corrected chi connectivity index (χ4v) is 7.32. The van der Waals surface area contributed by atoms with Crippen LogP contribution in [0.5, 0.6) is 0 Å². The number of benzene rings is 3. The molecule has 3 aliphatic rings. The molecule has 208 valence electrons. The summed E-state index contributed by atoms with van der Waals surface area (Å²) in [6, 6.07) is 15.3. The van der Waals surface area contributed by atoms with Gasteiger partial charge in [-0.15, -0.1) is 0 Å². The van der Waals surface area contributed by atoms with Crippen molar-refractivity contribution >= 4 is 75.5 Å². The molecule has 1 spiro atoms. The molecule has 3 amide bonds. The second-order valence-corrected chi connectivity index (χ2v) is 12.0. The predicted octanol–water partition coefficient (Wildman–Crippen LogP) is 2.79. The summed E-state index contributed by atoms with van der Waals surface area (Å²) < 4.78 is 0. The highest BCUT2D eigenvalue weighted by Gasteiger charge is 2.88. The molecule has 41 heavy (non-hydrogen) atoms. The Bertz CT molecular complexity index is 1740. The number of carbonyl (C=O) groups is 3. The first kappa shape index (κ1) is 27.9. The molecule has 3 aliphatic heterocycles. The van der Waals surface area contributed by atoms with Gasteiger partial charge in [-0.25, -0.2) is 4.90 Å². The molecule has 8 N–H and O–H groups in total. The zero-order chi connectivity index (χ0) is 29.7. The molecule has 10 nitrogen and oxygen atoms in total. The van der Waals surface area contributed by atoms with Crippen LogP contribution < -0.4 is 32.7 Å². The third kappa shape index (κ3) is 3.37. The van der Waals surface area contributed by atoms with E-state index in [0.29, 0.717) is 11.1 Å². The lowest BCUT2D eigenvalue weighted by Crippen LogP contribution is -2.80. The molecule has 4 atom stereocenters. The Morgan fingerprint density at radius 1 is 0.829 bits per heavy atom. The van der Waals surface area contributed by atoms with E-state index in [1.54, 1.807) is 24.3 Å². The van der Waals surface area contributed by atoms with Gasteiger partial charge in [0.2, 0.25) is 0 Å². The average molecular weight is 631 g/mol. The van der Waals surface area contributed by atoms with Gasteiger partial charge in [0, 0.05) is 27.1 Å². The number of imide groups is 1. The van der Waals surface area contributed by atoms with Crippen LogP contribution in [0, 0.1) is 11.3 Å². The van der Waals surface area contributed by atoms with Crippen molar-refractivity contribution in [1.82, 2.24) is 5.32 Å². The van der Waals surface area contributed by atoms with Crippen molar-refractivity contribution in [1.29, 1.82) is 5.26 Å². The topological polar surface area (TPSA) is 180 Å². The van der Waals surface area contributed by atoms with E-state index < -0.39 is 40.0 Å². The summed E-state index contributed by atoms with van der Waals surface area (Å²) in [5.41, 5.74) is 13.0. The van der Waals surface area contributed by atoms with Crippen molar-refractivity contribution in [3.63, 3.8) is 0 Å². The standard InChI is InChI=1S/C27H19Cl4N7O3/c28-14-5-15(29)7-17(6-14)38-22(40)26(34)24(33,10-12-1-3-13(11-32)4-2-12)37-25(27(26,35)23(38)41)18-8-16(30)9-19(31)20(18)36-21(25)39/h1-9,37H,10,33-35H2,(H,36,39). The molecule has 0 bridgehead atoms. The average Bonchev–Trinajstić information content (AvgIpc) is 3.34. The van der Waals surface area contributed by atoms with Gasteiger partial charge >= 0.3 is 0 Å². The summed E-state index contributed by atoms with van der Waals surface area (Å²) in [7, 11) is 0. The number of hydrogen-bond donors (Lipinski definition) is 5. The molecule has 0 saturated carbocycles. The van der Waals surface area contributed by atoms with Crippen molar-refractivity contribution in [2.75, 3.05) is 10.2 Å². The molecule has 3 aromatic rings. The zero-order valence-corrected chi connectivity index (χ0v) is 23.8. The third-order valence-corrected chi connectivity index (χ3v) is 9.07. The SMILES string of the molecule is N#Cc1ccc(CC2(N)NC3(C(=O)Nc4c(Cl)cc(Cl)cc43)C3(N)C(=O)N(c4cc(Cl)cc(Cl)c4)C(=O)C23N)cc1. The Hall–Kier alpha value is -3.24. The van der Waals surface area contributed by atoms with Crippen LogP contribution in [0.1, 0.15) is 16.7 Å². The second-order valence-electron chi connectivity index (χ2n) is 10.3. The Morgan fingerprint density at radius 2 is 1.41 bits per heavy atom. The van der Waals surface area contributed by atoms with E-state index in [9.17, 15) is 19.6 Å². The van der Waals surface area contributed by atoms with Gasteiger partial charge in [0.05, 0.1) is 28.0 Å². The number of nitrogens with one attached hydrogen (secondary N) is 2. The summed E-state index contributed by atoms with van der Waals surface area (Å²) in [4.78, 5) is 43.7. The fourth-order valence-electron chi connectivity index (χ4n) is 6.26. The lowest BCUT2D eigenvalue weighted by Gasteiger charge is -2.40. The largest absolute Gasteiger partial charge is 0.322 e. The maximum Gasteiger partial charge on any atom is 0.259 e. The highest BCUT2D eigenvalue weighted by molar-refractivity contribution is 6.40. The number of hydrogen-bond acceptors (Lipinski definition) is 8. The highest BCUT2D eigenvalue weighted by atomic mass is 35.5. The van der Waals surface area contributed by atoms with Crippen molar-refractivity contribution in [2.24, 2.45) is 17.2 Å². The van der Waals surface area contributed by atoms with E-state index in [2.05, 4.69) is 10.6 Å². The molecule has 0 aromatic heterocycles. The van der Waals surface area contributed by atoms with Crippen LogP contribution in [0.2, 0.25) is 20.1 Å². The van der Waals surface area contributed by atoms with Crippen LogP contribution in [-0.4, -0.2) is 34.5 Å². The van der Waals surface area contributed by atoms with Gasteiger partial charge in [-0.05, 0) is 48.0 Å². The second kappa shape index (κ2) is 8.88. The van der Waals surface area contributed by atoms with E-state index in [4.69, 9.17) is 63.6 Å². The highest BCUT2D eigenvalue weighted by Crippen LogP contribution is 2.59.